The third kappa shape index (κ3) is 6.76. The molecular formula is C36H27Cl2N7O3. The lowest BCUT2D eigenvalue weighted by molar-refractivity contribution is -0.113. The largest absolute Gasteiger partial charge is 0.485 e. The number of nitrogens with zero attached hydrogens (tertiary/aromatic N) is 7. The zero-order valence-corrected chi connectivity index (χ0v) is 26.9. The average molecular weight is 677 g/mol. The molecular weight excluding hydrogens is 649 g/mol. The molecule has 0 unspecified atom stereocenters. The van der Waals surface area contributed by atoms with Crippen LogP contribution in [0.2, 0.25) is 10.0 Å². The van der Waals surface area contributed by atoms with Gasteiger partial charge in [-0.1, -0.05) is 112 Å². The first kappa shape index (κ1) is 31.0. The van der Waals surface area contributed by atoms with Crippen molar-refractivity contribution >= 4 is 46.2 Å². The summed E-state index contributed by atoms with van der Waals surface area (Å²) in [6, 6.07) is 30.1. The number of anilines is 1. The van der Waals surface area contributed by atoms with Gasteiger partial charge < -0.3 is 9.64 Å². The standard InChI is InChI=1S/C36H27Cl2N7O3/c37-26-15-31(35(32(38)16-26)48-23-28-21-44(42-40-28)19-25-11-5-2-6-12-25)34(46)17-30-29-13-7-8-14-33(29)45(36(30)47)22-27-20-43(41-39-27)18-24-9-3-1-4-10-24/h1-17,20-21H,18-19,22-23H2/b30-17-. The van der Waals surface area contributed by atoms with Crippen LogP contribution in [-0.2, 0) is 31.0 Å². The summed E-state index contributed by atoms with van der Waals surface area (Å²) in [6.45, 7) is 1.29. The third-order valence-electron chi connectivity index (χ3n) is 7.74. The highest BCUT2D eigenvalue weighted by atomic mass is 35.5. The Morgan fingerprint density at radius 1 is 0.750 bits per heavy atom. The summed E-state index contributed by atoms with van der Waals surface area (Å²) >= 11 is 12.9. The van der Waals surface area contributed by atoms with E-state index in [1.807, 2.05) is 85.1 Å². The molecule has 0 saturated heterocycles. The maximum Gasteiger partial charge on any atom is 0.259 e. The van der Waals surface area contributed by atoms with Crippen molar-refractivity contribution in [1.82, 2.24) is 30.0 Å². The molecule has 4 aromatic carbocycles. The van der Waals surface area contributed by atoms with Crippen LogP contribution >= 0.6 is 23.2 Å². The molecule has 0 N–H and O–H groups in total. The third-order valence-corrected chi connectivity index (χ3v) is 8.24. The molecule has 0 spiro atoms. The van der Waals surface area contributed by atoms with E-state index in [2.05, 4.69) is 20.6 Å². The Morgan fingerprint density at radius 2 is 1.35 bits per heavy atom. The monoisotopic (exact) mass is 675 g/mol. The summed E-state index contributed by atoms with van der Waals surface area (Å²) in [5.41, 5.74) is 4.95. The number of halogens is 2. The van der Waals surface area contributed by atoms with Crippen LogP contribution in [-0.4, -0.2) is 41.7 Å². The van der Waals surface area contributed by atoms with Gasteiger partial charge in [-0.05, 0) is 35.4 Å². The van der Waals surface area contributed by atoms with Crippen LogP contribution in [0.25, 0.3) is 5.57 Å². The smallest absolute Gasteiger partial charge is 0.259 e. The molecule has 1 aliphatic rings. The van der Waals surface area contributed by atoms with Gasteiger partial charge in [0, 0.05) is 10.6 Å². The van der Waals surface area contributed by atoms with Gasteiger partial charge in [-0.2, -0.15) is 0 Å². The van der Waals surface area contributed by atoms with Crippen LogP contribution in [0.15, 0.2) is 116 Å². The van der Waals surface area contributed by atoms with Crippen LogP contribution < -0.4 is 9.64 Å². The molecule has 12 heteroatoms. The number of ketones is 1. The fraction of sp³-hybridized carbons (Fsp3) is 0.111. The van der Waals surface area contributed by atoms with Crippen LogP contribution in [0.4, 0.5) is 5.69 Å². The van der Waals surface area contributed by atoms with E-state index in [9.17, 15) is 9.59 Å². The van der Waals surface area contributed by atoms with Gasteiger partial charge in [0.2, 0.25) is 0 Å². The van der Waals surface area contributed by atoms with E-state index in [-0.39, 0.29) is 46.0 Å². The number of rotatable bonds is 11. The first-order chi connectivity index (χ1) is 23.4. The summed E-state index contributed by atoms with van der Waals surface area (Å²) in [7, 11) is 0. The lowest BCUT2D eigenvalue weighted by Crippen LogP contribution is -2.26. The maximum atomic E-state index is 13.8. The summed E-state index contributed by atoms with van der Waals surface area (Å²) in [5.74, 6) is -0.699. The molecule has 0 fully saturated rings. The number of hydrogen-bond acceptors (Lipinski definition) is 7. The second-order valence-corrected chi connectivity index (χ2v) is 12.0. The number of para-hydroxylation sites is 1. The minimum atomic E-state index is -0.490. The highest BCUT2D eigenvalue weighted by Gasteiger charge is 2.33. The fourth-order valence-electron chi connectivity index (χ4n) is 5.52. The predicted octanol–water partition coefficient (Wildman–Crippen LogP) is 6.67. The van der Waals surface area contributed by atoms with Crippen molar-refractivity contribution in [1.29, 1.82) is 0 Å². The quantitative estimate of drug-likeness (QED) is 0.112. The van der Waals surface area contributed by atoms with E-state index in [1.54, 1.807) is 26.5 Å². The molecule has 48 heavy (non-hydrogen) atoms. The van der Waals surface area contributed by atoms with Crippen molar-refractivity contribution in [2.45, 2.75) is 26.2 Å². The lowest BCUT2D eigenvalue weighted by atomic mass is 10.0. The maximum absolute atomic E-state index is 13.8. The number of carbonyl (C=O) groups excluding carboxylic acids is 2. The van der Waals surface area contributed by atoms with Gasteiger partial charge in [0.15, 0.2) is 5.78 Å². The van der Waals surface area contributed by atoms with Crippen LogP contribution in [0.3, 0.4) is 0 Å². The van der Waals surface area contributed by atoms with Crippen molar-refractivity contribution in [3.8, 4) is 5.75 Å². The van der Waals surface area contributed by atoms with Gasteiger partial charge in [0.1, 0.15) is 23.7 Å². The molecule has 1 aliphatic heterocycles. The Labute approximate surface area is 285 Å². The zero-order chi connectivity index (χ0) is 33.0. The number of amides is 1. The van der Waals surface area contributed by atoms with Crippen molar-refractivity contribution in [3.63, 3.8) is 0 Å². The van der Waals surface area contributed by atoms with Gasteiger partial charge in [-0.3, -0.25) is 9.59 Å². The summed E-state index contributed by atoms with van der Waals surface area (Å²) in [4.78, 5) is 29.3. The second-order valence-electron chi connectivity index (χ2n) is 11.2. The second kappa shape index (κ2) is 13.6. The zero-order valence-electron chi connectivity index (χ0n) is 25.4. The summed E-state index contributed by atoms with van der Waals surface area (Å²) in [6.07, 6.45) is 4.88. The van der Waals surface area contributed by atoms with Gasteiger partial charge in [0.05, 0.1) is 53.9 Å². The number of aromatic nitrogens is 6. The highest BCUT2D eigenvalue weighted by Crippen LogP contribution is 2.39. The summed E-state index contributed by atoms with van der Waals surface area (Å²) in [5, 5.41) is 17.3. The van der Waals surface area contributed by atoms with Crippen molar-refractivity contribution in [3.05, 3.63) is 159 Å². The van der Waals surface area contributed by atoms with Crippen LogP contribution in [0, 0.1) is 0 Å². The molecule has 0 saturated carbocycles. The van der Waals surface area contributed by atoms with E-state index in [0.717, 1.165) is 11.1 Å². The number of allylic oxidation sites excluding steroid dienone is 1. The van der Waals surface area contributed by atoms with Gasteiger partial charge >= 0.3 is 0 Å². The molecule has 0 atom stereocenters. The molecule has 0 aliphatic carbocycles. The molecule has 238 valence electrons. The minimum Gasteiger partial charge on any atom is -0.485 e. The number of carbonyl (C=O) groups is 2. The molecule has 10 nitrogen and oxygen atoms in total. The summed E-state index contributed by atoms with van der Waals surface area (Å²) < 4.78 is 9.46. The first-order valence-electron chi connectivity index (χ1n) is 15.1. The normalized spacial score (nSPS) is 13.2. The molecule has 0 radical (unpaired) electrons. The van der Waals surface area contributed by atoms with E-state index >= 15 is 0 Å². The first-order valence-corrected chi connectivity index (χ1v) is 15.8. The molecule has 1 amide bonds. The van der Waals surface area contributed by atoms with E-state index in [4.69, 9.17) is 27.9 Å². The minimum absolute atomic E-state index is 0.00743. The molecule has 6 aromatic rings. The molecule has 3 heterocycles. The lowest BCUT2D eigenvalue weighted by Gasteiger charge is -2.15. The van der Waals surface area contributed by atoms with Crippen molar-refractivity contribution in [2.75, 3.05) is 4.90 Å². The van der Waals surface area contributed by atoms with Crippen LogP contribution in [0.5, 0.6) is 5.75 Å². The van der Waals surface area contributed by atoms with E-state index < -0.39 is 5.78 Å². The van der Waals surface area contributed by atoms with Gasteiger partial charge in [-0.25, -0.2) is 9.36 Å². The molecule has 7 rings (SSSR count). The predicted molar refractivity (Wildman–Crippen MR) is 182 cm³/mol. The van der Waals surface area contributed by atoms with Gasteiger partial charge in [0.25, 0.3) is 5.91 Å². The number of hydrogen-bond donors (Lipinski definition) is 0. The highest BCUT2D eigenvalue weighted by molar-refractivity contribution is 6.38. The Kier molecular flexibility index (Phi) is 8.82. The number of fused-ring (bicyclic) bond motifs is 1. The van der Waals surface area contributed by atoms with E-state index in [0.29, 0.717) is 35.7 Å². The van der Waals surface area contributed by atoms with Crippen LogP contribution in [0.1, 0.15) is 38.4 Å². The number of benzene rings is 4. The Balaban J connectivity index is 1.10. The molecule has 2 aromatic heterocycles. The number of ether oxygens (including phenoxy) is 1. The van der Waals surface area contributed by atoms with E-state index in [1.165, 1.54) is 18.2 Å². The topological polar surface area (TPSA) is 108 Å². The SMILES string of the molecule is O=C(/C=C1\C(=O)N(Cc2cn(Cc3ccccc3)nn2)c2ccccc21)c1cc(Cl)cc(Cl)c1OCc1cn(Cc2ccccc2)nn1. The Hall–Kier alpha value is -5.58. The Bertz CT molecular complexity index is 2150. The average Bonchev–Trinajstić information content (AvgIpc) is 3.80. The molecule has 0 bridgehead atoms. The van der Waals surface area contributed by atoms with Crippen molar-refractivity contribution < 1.29 is 14.3 Å². The fourth-order valence-corrected chi connectivity index (χ4v) is 6.07. The van der Waals surface area contributed by atoms with Crippen molar-refractivity contribution in [2.24, 2.45) is 0 Å². The Morgan fingerprint density at radius 3 is 2.04 bits per heavy atom. The van der Waals surface area contributed by atoms with Gasteiger partial charge in [-0.15, -0.1) is 10.2 Å².